The van der Waals surface area contributed by atoms with Gasteiger partial charge < -0.3 is 9.47 Å². The Morgan fingerprint density at radius 2 is 1.85 bits per heavy atom. The fourth-order valence-corrected chi connectivity index (χ4v) is 3.87. The molecule has 8 heteroatoms. The molecule has 0 fully saturated rings. The molecule has 0 aliphatic rings. The molecule has 1 aromatic carbocycles. The molecule has 0 amide bonds. The second-order valence-electron chi connectivity index (χ2n) is 5.50. The molecule has 0 spiro atoms. The standard InChI is InChI=1S/C19H16F3NO3S/c1-3-25-15-12(18(24)26-4-2)10-23-14-13(11-8-6-5-7-9-11)17(19(20,21)22)27-16(14)15/h5-10H,3-4H2,1-2H3. The number of alkyl halides is 3. The maximum absolute atomic E-state index is 13.7. The van der Waals surface area contributed by atoms with E-state index < -0.39 is 17.0 Å². The summed E-state index contributed by atoms with van der Waals surface area (Å²) in [5.41, 5.74) is 0.546. The van der Waals surface area contributed by atoms with Crippen molar-refractivity contribution in [2.45, 2.75) is 20.0 Å². The molecule has 0 radical (unpaired) electrons. The van der Waals surface area contributed by atoms with Crippen LogP contribution in [0.25, 0.3) is 21.3 Å². The van der Waals surface area contributed by atoms with Gasteiger partial charge in [0, 0.05) is 11.8 Å². The van der Waals surface area contributed by atoms with Gasteiger partial charge in [-0.1, -0.05) is 30.3 Å². The second kappa shape index (κ2) is 7.56. The maximum atomic E-state index is 13.7. The van der Waals surface area contributed by atoms with Crippen LogP contribution in [0.4, 0.5) is 13.2 Å². The van der Waals surface area contributed by atoms with Crippen LogP contribution in [0.3, 0.4) is 0 Å². The van der Waals surface area contributed by atoms with E-state index in [2.05, 4.69) is 4.98 Å². The molecular weight excluding hydrogens is 379 g/mol. The van der Waals surface area contributed by atoms with Crippen LogP contribution in [0.1, 0.15) is 29.1 Å². The number of carbonyl (C=O) groups is 1. The van der Waals surface area contributed by atoms with Crippen LogP contribution in [0, 0.1) is 0 Å². The number of nitrogens with zero attached hydrogens (tertiary/aromatic N) is 1. The van der Waals surface area contributed by atoms with Gasteiger partial charge in [-0.3, -0.25) is 4.98 Å². The Bertz CT molecular complexity index is 968. The first-order valence-electron chi connectivity index (χ1n) is 8.26. The number of carbonyl (C=O) groups excluding carboxylic acids is 1. The minimum atomic E-state index is -4.57. The minimum Gasteiger partial charge on any atom is -0.491 e. The Hall–Kier alpha value is -2.61. The Morgan fingerprint density at radius 3 is 2.44 bits per heavy atom. The van der Waals surface area contributed by atoms with E-state index in [9.17, 15) is 18.0 Å². The fourth-order valence-electron chi connectivity index (χ4n) is 2.72. The van der Waals surface area contributed by atoms with Crippen molar-refractivity contribution in [3.8, 4) is 16.9 Å². The molecular formula is C19H16F3NO3S. The van der Waals surface area contributed by atoms with Gasteiger partial charge in [0.25, 0.3) is 0 Å². The normalized spacial score (nSPS) is 11.6. The number of ether oxygens (including phenoxy) is 2. The zero-order valence-electron chi connectivity index (χ0n) is 14.6. The van der Waals surface area contributed by atoms with Crippen LogP contribution in [0.15, 0.2) is 36.5 Å². The highest BCUT2D eigenvalue weighted by molar-refractivity contribution is 7.20. The van der Waals surface area contributed by atoms with E-state index in [0.717, 1.165) is 0 Å². The summed E-state index contributed by atoms with van der Waals surface area (Å²) in [5, 5.41) is 0. The molecule has 0 bridgehead atoms. The second-order valence-corrected chi connectivity index (χ2v) is 6.52. The van der Waals surface area contributed by atoms with Crippen LogP contribution in [-0.2, 0) is 10.9 Å². The SMILES string of the molecule is CCOC(=O)c1cnc2c(-c3ccccc3)c(C(F)(F)F)sc2c1OCC. The molecule has 27 heavy (non-hydrogen) atoms. The first-order chi connectivity index (χ1) is 12.9. The lowest BCUT2D eigenvalue weighted by molar-refractivity contribution is -0.133. The summed E-state index contributed by atoms with van der Waals surface area (Å²) in [7, 11) is 0. The maximum Gasteiger partial charge on any atom is 0.426 e. The zero-order valence-corrected chi connectivity index (χ0v) is 15.4. The van der Waals surface area contributed by atoms with Crippen molar-refractivity contribution < 1.29 is 27.4 Å². The third-order valence-corrected chi connectivity index (χ3v) is 4.98. The molecule has 2 aromatic heterocycles. The Labute approximate surface area is 157 Å². The Kier molecular flexibility index (Phi) is 5.36. The molecule has 2 heterocycles. The number of aromatic nitrogens is 1. The summed E-state index contributed by atoms with van der Waals surface area (Å²) in [4.78, 5) is 15.6. The summed E-state index contributed by atoms with van der Waals surface area (Å²) < 4.78 is 51.8. The molecule has 3 rings (SSSR count). The number of hydrogen-bond acceptors (Lipinski definition) is 5. The number of hydrogen-bond donors (Lipinski definition) is 0. The van der Waals surface area contributed by atoms with Gasteiger partial charge in [0.1, 0.15) is 10.4 Å². The van der Waals surface area contributed by atoms with E-state index in [-0.39, 0.29) is 40.3 Å². The molecule has 3 aromatic rings. The lowest BCUT2D eigenvalue weighted by Crippen LogP contribution is -2.08. The lowest BCUT2D eigenvalue weighted by atomic mass is 10.0. The monoisotopic (exact) mass is 395 g/mol. The number of pyridine rings is 1. The van der Waals surface area contributed by atoms with E-state index in [1.807, 2.05) is 0 Å². The van der Waals surface area contributed by atoms with Gasteiger partial charge in [-0.2, -0.15) is 13.2 Å². The first-order valence-corrected chi connectivity index (χ1v) is 9.08. The molecule has 0 unspecified atom stereocenters. The molecule has 0 aliphatic carbocycles. The summed E-state index contributed by atoms with van der Waals surface area (Å²) in [5.74, 6) is -0.614. The number of fused-ring (bicyclic) bond motifs is 1. The van der Waals surface area contributed by atoms with Crippen molar-refractivity contribution in [3.05, 3.63) is 47.0 Å². The zero-order chi connectivity index (χ0) is 19.6. The van der Waals surface area contributed by atoms with Gasteiger partial charge in [0.15, 0.2) is 5.75 Å². The average Bonchev–Trinajstić information content (AvgIpc) is 3.03. The van der Waals surface area contributed by atoms with Crippen LogP contribution in [0.5, 0.6) is 5.75 Å². The third-order valence-electron chi connectivity index (χ3n) is 3.76. The Morgan fingerprint density at radius 1 is 1.15 bits per heavy atom. The summed E-state index contributed by atoms with van der Waals surface area (Å²) >= 11 is 0.522. The number of halogens is 3. The molecule has 0 atom stereocenters. The first kappa shape index (κ1) is 19.2. The minimum absolute atomic E-state index is 0.0144. The molecule has 0 aliphatic heterocycles. The van der Waals surface area contributed by atoms with E-state index in [4.69, 9.17) is 9.47 Å². The van der Waals surface area contributed by atoms with E-state index in [1.165, 1.54) is 6.20 Å². The summed E-state index contributed by atoms with van der Waals surface area (Å²) in [6.07, 6.45) is -3.35. The lowest BCUT2D eigenvalue weighted by Gasteiger charge is -2.10. The van der Waals surface area contributed by atoms with Crippen LogP contribution in [-0.4, -0.2) is 24.2 Å². The van der Waals surface area contributed by atoms with Crippen molar-refractivity contribution in [3.63, 3.8) is 0 Å². The van der Waals surface area contributed by atoms with Gasteiger partial charge in [-0.05, 0) is 19.4 Å². The largest absolute Gasteiger partial charge is 0.491 e. The van der Waals surface area contributed by atoms with Gasteiger partial charge in [-0.25, -0.2) is 4.79 Å². The van der Waals surface area contributed by atoms with Crippen LogP contribution >= 0.6 is 11.3 Å². The van der Waals surface area contributed by atoms with E-state index >= 15 is 0 Å². The number of rotatable bonds is 5. The number of thiophene rings is 1. The fraction of sp³-hybridized carbons (Fsp3) is 0.263. The van der Waals surface area contributed by atoms with Crippen LogP contribution < -0.4 is 4.74 Å². The van der Waals surface area contributed by atoms with E-state index in [0.29, 0.717) is 16.9 Å². The van der Waals surface area contributed by atoms with Crippen molar-refractivity contribution in [2.75, 3.05) is 13.2 Å². The van der Waals surface area contributed by atoms with Crippen molar-refractivity contribution in [1.29, 1.82) is 0 Å². The molecule has 142 valence electrons. The predicted molar refractivity (Wildman–Crippen MR) is 97.2 cm³/mol. The quantitative estimate of drug-likeness (QED) is 0.531. The van der Waals surface area contributed by atoms with Gasteiger partial charge in [0.05, 0.1) is 23.4 Å². The number of benzene rings is 1. The highest BCUT2D eigenvalue weighted by Gasteiger charge is 2.38. The van der Waals surface area contributed by atoms with Crippen molar-refractivity contribution >= 4 is 27.5 Å². The Balaban J connectivity index is 2.35. The third kappa shape index (κ3) is 3.62. The van der Waals surface area contributed by atoms with Gasteiger partial charge >= 0.3 is 12.1 Å². The molecule has 0 N–H and O–H groups in total. The highest BCUT2D eigenvalue weighted by atomic mass is 32.1. The van der Waals surface area contributed by atoms with Crippen LogP contribution in [0.2, 0.25) is 0 Å². The average molecular weight is 395 g/mol. The molecule has 4 nitrogen and oxygen atoms in total. The van der Waals surface area contributed by atoms with Crippen molar-refractivity contribution in [2.24, 2.45) is 0 Å². The predicted octanol–water partition coefficient (Wildman–Crippen LogP) is 5.56. The van der Waals surface area contributed by atoms with Gasteiger partial charge in [0.2, 0.25) is 0 Å². The van der Waals surface area contributed by atoms with E-state index in [1.54, 1.807) is 44.2 Å². The number of esters is 1. The smallest absolute Gasteiger partial charge is 0.426 e. The highest BCUT2D eigenvalue weighted by Crippen LogP contribution is 2.49. The van der Waals surface area contributed by atoms with Gasteiger partial charge in [-0.15, -0.1) is 11.3 Å². The molecule has 0 saturated heterocycles. The summed E-state index contributed by atoms with van der Waals surface area (Å²) in [6.45, 7) is 3.66. The topological polar surface area (TPSA) is 48.4 Å². The summed E-state index contributed by atoms with van der Waals surface area (Å²) in [6, 6.07) is 8.24. The molecule has 0 saturated carbocycles. The van der Waals surface area contributed by atoms with Crippen molar-refractivity contribution in [1.82, 2.24) is 4.98 Å².